The van der Waals surface area contributed by atoms with Crippen LogP contribution in [0, 0.1) is 0 Å². The van der Waals surface area contributed by atoms with Crippen molar-refractivity contribution in [3.63, 3.8) is 0 Å². The third kappa shape index (κ3) is 4.85. The van der Waals surface area contributed by atoms with E-state index in [-0.39, 0.29) is 6.04 Å². The van der Waals surface area contributed by atoms with Gasteiger partial charge in [-0.05, 0) is 12.8 Å². The van der Waals surface area contributed by atoms with Crippen molar-refractivity contribution in [3.05, 3.63) is 0 Å². The highest BCUT2D eigenvalue weighted by Crippen LogP contribution is 2.24. The molecule has 1 fully saturated rings. The van der Waals surface area contributed by atoms with Crippen LogP contribution in [0.25, 0.3) is 0 Å². The summed E-state index contributed by atoms with van der Waals surface area (Å²) in [5, 5.41) is 0.178. The van der Waals surface area contributed by atoms with Crippen LogP contribution in [-0.2, 0) is 10.1 Å². The summed E-state index contributed by atoms with van der Waals surface area (Å²) in [6.45, 7) is 0.495. The third-order valence-electron chi connectivity index (χ3n) is 3.00. The molecule has 0 aromatic carbocycles. The van der Waals surface area contributed by atoms with E-state index in [2.05, 4.69) is 5.32 Å². The van der Waals surface area contributed by atoms with Crippen LogP contribution in [0.4, 0.5) is 8.78 Å². The molecule has 0 aromatic heterocycles. The summed E-state index contributed by atoms with van der Waals surface area (Å²) >= 11 is 0. The van der Waals surface area contributed by atoms with Crippen LogP contribution >= 0.6 is 0 Å². The molecule has 4 nitrogen and oxygen atoms in total. The van der Waals surface area contributed by atoms with Crippen molar-refractivity contribution < 1.29 is 21.8 Å². The Hall–Kier alpha value is -0.270. The van der Waals surface area contributed by atoms with Crippen LogP contribution in [0.2, 0.25) is 0 Å². The predicted octanol–water partition coefficient (Wildman–Crippen LogP) is 2.17. The number of nitrogens with one attached hydrogen (secondary N) is 1. The Morgan fingerprint density at radius 2 is 1.71 bits per heavy atom. The van der Waals surface area contributed by atoms with Crippen LogP contribution in [-0.4, -0.2) is 30.3 Å². The molecule has 0 aromatic rings. The van der Waals surface area contributed by atoms with E-state index < -0.39 is 21.4 Å². The van der Waals surface area contributed by atoms with E-state index in [1.54, 1.807) is 0 Å². The second-order valence-corrected chi connectivity index (χ2v) is 6.21. The van der Waals surface area contributed by atoms with Gasteiger partial charge in [-0.15, -0.1) is 0 Å². The highest BCUT2D eigenvalue weighted by Gasteiger charge is 2.44. The first-order chi connectivity index (χ1) is 7.71. The number of alkyl halides is 2. The molecule has 1 atom stereocenters. The van der Waals surface area contributed by atoms with Gasteiger partial charge >= 0.3 is 0 Å². The number of rotatable bonds is 4. The first-order valence-electron chi connectivity index (χ1n) is 5.81. The van der Waals surface area contributed by atoms with Gasteiger partial charge in [0.2, 0.25) is 0 Å². The lowest BCUT2D eigenvalue weighted by atomic mass is 10.1. The maximum absolute atomic E-state index is 13.1. The topological polar surface area (TPSA) is 66.4 Å². The highest BCUT2D eigenvalue weighted by molar-refractivity contribution is 7.86. The van der Waals surface area contributed by atoms with E-state index in [0.29, 0.717) is 19.8 Å². The zero-order chi connectivity index (χ0) is 13.1. The zero-order valence-corrected chi connectivity index (χ0v) is 10.6. The first-order valence-corrected chi connectivity index (χ1v) is 7.32. The summed E-state index contributed by atoms with van der Waals surface area (Å²) in [5.74, 6) is -3.50. The Bertz CT molecular complexity index is 332. The molecule has 1 rings (SSSR count). The van der Waals surface area contributed by atoms with Crippen molar-refractivity contribution in [2.75, 3.05) is 0 Å². The van der Waals surface area contributed by atoms with Crippen molar-refractivity contribution in [1.82, 2.24) is 5.32 Å². The molecule has 17 heavy (non-hydrogen) atoms. The van der Waals surface area contributed by atoms with Gasteiger partial charge in [-0.1, -0.05) is 25.7 Å². The quantitative estimate of drug-likeness (QED) is 0.607. The minimum Gasteiger partial charge on any atom is -0.291 e. The fourth-order valence-corrected chi connectivity index (χ4v) is 3.04. The van der Waals surface area contributed by atoms with E-state index >= 15 is 0 Å². The number of hydrogen-bond acceptors (Lipinski definition) is 3. The maximum Gasteiger partial charge on any atom is 0.287 e. The van der Waals surface area contributed by atoms with Gasteiger partial charge in [0.1, 0.15) is 0 Å². The smallest absolute Gasteiger partial charge is 0.287 e. The Labute approximate surface area is 101 Å². The zero-order valence-electron chi connectivity index (χ0n) is 9.83. The van der Waals surface area contributed by atoms with Crippen molar-refractivity contribution in [2.45, 2.75) is 62.8 Å². The molecule has 0 bridgehead atoms. The van der Waals surface area contributed by atoms with Gasteiger partial charge in [0, 0.05) is 13.0 Å². The molecule has 0 heterocycles. The molecule has 1 saturated carbocycles. The maximum atomic E-state index is 13.1. The summed E-state index contributed by atoms with van der Waals surface area (Å²) in [7, 11) is -4.80. The molecule has 1 aliphatic rings. The molecular weight excluding hydrogens is 252 g/mol. The summed E-state index contributed by atoms with van der Waals surface area (Å²) in [6, 6.07) is -0.268. The molecule has 7 heteroatoms. The standard InChI is InChI=1S/C10H19F2NO3S/c1-10(11,12)9(17(14,15)16)13-8-6-4-2-3-5-7-8/h8-9,13H,2-7H2,1H3,(H,14,15,16). The van der Waals surface area contributed by atoms with Gasteiger partial charge in [-0.3, -0.25) is 9.87 Å². The molecule has 0 amide bonds. The van der Waals surface area contributed by atoms with Gasteiger partial charge in [-0.2, -0.15) is 8.42 Å². The number of halogens is 2. The molecule has 102 valence electrons. The Kier molecular flexibility index (Phi) is 4.86. The molecule has 0 radical (unpaired) electrons. The van der Waals surface area contributed by atoms with Gasteiger partial charge in [0.25, 0.3) is 16.0 Å². The predicted molar refractivity (Wildman–Crippen MR) is 60.6 cm³/mol. The van der Waals surface area contributed by atoms with E-state index in [9.17, 15) is 17.2 Å². The average Bonchev–Trinajstić information content (AvgIpc) is 2.38. The average molecular weight is 271 g/mol. The van der Waals surface area contributed by atoms with E-state index in [1.165, 1.54) is 0 Å². The summed E-state index contributed by atoms with van der Waals surface area (Å²) in [6.07, 6.45) is 5.20. The lowest BCUT2D eigenvalue weighted by Gasteiger charge is -2.26. The molecule has 0 saturated heterocycles. The Morgan fingerprint density at radius 3 is 2.06 bits per heavy atom. The van der Waals surface area contributed by atoms with Crippen LogP contribution in [0.1, 0.15) is 45.4 Å². The van der Waals surface area contributed by atoms with Gasteiger partial charge < -0.3 is 0 Å². The molecule has 2 N–H and O–H groups in total. The normalized spacial score (nSPS) is 22.1. The van der Waals surface area contributed by atoms with E-state index in [1.807, 2.05) is 0 Å². The summed E-state index contributed by atoms with van der Waals surface area (Å²) < 4.78 is 57.0. The highest BCUT2D eigenvalue weighted by atomic mass is 32.2. The molecular formula is C10H19F2NO3S. The van der Waals surface area contributed by atoms with Crippen LogP contribution < -0.4 is 5.32 Å². The van der Waals surface area contributed by atoms with Crippen molar-refractivity contribution in [1.29, 1.82) is 0 Å². The van der Waals surface area contributed by atoms with Crippen molar-refractivity contribution in [3.8, 4) is 0 Å². The van der Waals surface area contributed by atoms with E-state index in [4.69, 9.17) is 4.55 Å². The Balaban J connectivity index is 2.72. The summed E-state index contributed by atoms with van der Waals surface area (Å²) in [5.41, 5.74) is 0. The minimum absolute atomic E-state index is 0.268. The number of hydrogen-bond donors (Lipinski definition) is 2. The largest absolute Gasteiger partial charge is 0.291 e. The SMILES string of the molecule is CC(F)(F)C(NC1CCCCCC1)S(=O)(=O)O. The van der Waals surface area contributed by atoms with Gasteiger partial charge in [-0.25, -0.2) is 8.78 Å². The molecule has 0 aliphatic heterocycles. The summed E-state index contributed by atoms with van der Waals surface area (Å²) in [4.78, 5) is 0. The van der Waals surface area contributed by atoms with Crippen LogP contribution in [0.15, 0.2) is 0 Å². The molecule has 1 unspecified atom stereocenters. The van der Waals surface area contributed by atoms with E-state index in [0.717, 1.165) is 25.7 Å². The van der Waals surface area contributed by atoms with Crippen molar-refractivity contribution in [2.24, 2.45) is 0 Å². The minimum atomic E-state index is -4.80. The van der Waals surface area contributed by atoms with Crippen molar-refractivity contribution >= 4 is 10.1 Å². The van der Waals surface area contributed by atoms with Crippen LogP contribution in [0.3, 0.4) is 0 Å². The molecule has 1 aliphatic carbocycles. The third-order valence-corrected chi connectivity index (χ3v) is 4.15. The second-order valence-electron chi connectivity index (χ2n) is 4.71. The lowest BCUT2D eigenvalue weighted by Crippen LogP contribution is -2.52. The van der Waals surface area contributed by atoms with Crippen LogP contribution in [0.5, 0.6) is 0 Å². The second kappa shape index (κ2) is 5.58. The molecule has 0 spiro atoms. The fourth-order valence-electron chi connectivity index (χ4n) is 2.15. The van der Waals surface area contributed by atoms with Gasteiger partial charge in [0.05, 0.1) is 0 Å². The monoisotopic (exact) mass is 271 g/mol. The first kappa shape index (κ1) is 14.8. The fraction of sp³-hybridized carbons (Fsp3) is 1.00. The lowest BCUT2D eigenvalue weighted by molar-refractivity contribution is 0.00194. The van der Waals surface area contributed by atoms with Gasteiger partial charge in [0.15, 0.2) is 5.37 Å². The Morgan fingerprint density at radius 1 is 1.24 bits per heavy atom.